The molecule has 0 saturated carbocycles. The van der Waals surface area contributed by atoms with Gasteiger partial charge in [0.2, 0.25) is 0 Å². The first-order chi connectivity index (χ1) is 9.15. The van der Waals surface area contributed by atoms with E-state index in [1.54, 1.807) is 19.2 Å². The first-order valence-corrected chi connectivity index (χ1v) is 6.26. The van der Waals surface area contributed by atoms with Crippen molar-refractivity contribution >= 4 is 5.91 Å². The van der Waals surface area contributed by atoms with Gasteiger partial charge in [0.1, 0.15) is 5.75 Å². The number of nitrogens with one attached hydrogen (secondary N) is 1. The molecule has 0 saturated heterocycles. The molecule has 0 radical (unpaired) electrons. The lowest BCUT2D eigenvalue weighted by atomic mass is 10.1. The molecule has 0 aliphatic rings. The van der Waals surface area contributed by atoms with Crippen molar-refractivity contribution < 1.29 is 19.4 Å². The number of hydrogen-bond acceptors (Lipinski definition) is 4. The van der Waals surface area contributed by atoms with Gasteiger partial charge in [-0.1, -0.05) is 12.1 Å². The Bertz CT molecular complexity index is 378. The molecule has 1 rings (SSSR count). The zero-order chi connectivity index (χ0) is 14.1. The smallest absolute Gasteiger partial charge is 0.258 e. The monoisotopic (exact) mass is 267 g/mol. The van der Waals surface area contributed by atoms with E-state index in [4.69, 9.17) is 14.6 Å². The minimum absolute atomic E-state index is 0.0204. The number of benzene rings is 1. The Morgan fingerprint density at radius 2 is 2.05 bits per heavy atom. The molecule has 1 aromatic rings. The number of rotatable bonds is 8. The summed E-state index contributed by atoms with van der Waals surface area (Å²) in [7, 11) is 1.59. The van der Waals surface area contributed by atoms with Crippen LogP contribution in [0, 0.1) is 0 Å². The van der Waals surface area contributed by atoms with E-state index in [9.17, 15) is 4.79 Å². The predicted molar refractivity (Wildman–Crippen MR) is 72.2 cm³/mol. The highest BCUT2D eigenvalue weighted by molar-refractivity contribution is 5.77. The summed E-state index contributed by atoms with van der Waals surface area (Å²) in [5, 5.41) is 11.6. The molecule has 0 spiro atoms. The molecule has 0 bridgehead atoms. The number of amides is 1. The second kappa shape index (κ2) is 8.50. The van der Waals surface area contributed by atoms with Crippen LogP contribution >= 0.6 is 0 Å². The van der Waals surface area contributed by atoms with E-state index in [1.807, 2.05) is 19.1 Å². The molecular formula is C14H21NO4. The molecule has 0 heterocycles. The van der Waals surface area contributed by atoms with Crippen molar-refractivity contribution in [3.63, 3.8) is 0 Å². The topological polar surface area (TPSA) is 67.8 Å². The lowest BCUT2D eigenvalue weighted by Crippen LogP contribution is -2.38. The standard InChI is InChI=1S/C14H21NO4/c1-11(9-18-2)15-14(17)10-19-13-5-3-12(4-6-13)7-8-16/h3-6,11,16H,7-10H2,1-2H3,(H,15,17). The van der Waals surface area contributed by atoms with Crippen LogP contribution in [0.5, 0.6) is 5.75 Å². The van der Waals surface area contributed by atoms with Gasteiger partial charge in [0.25, 0.3) is 5.91 Å². The summed E-state index contributed by atoms with van der Waals surface area (Å²) >= 11 is 0. The zero-order valence-corrected chi connectivity index (χ0v) is 11.4. The van der Waals surface area contributed by atoms with Gasteiger partial charge < -0.3 is 19.9 Å². The van der Waals surface area contributed by atoms with Gasteiger partial charge in [-0.3, -0.25) is 4.79 Å². The van der Waals surface area contributed by atoms with Gasteiger partial charge in [-0.25, -0.2) is 0 Å². The third-order valence-electron chi connectivity index (χ3n) is 2.52. The summed E-state index contributed by atoms with van der Waals surface area (Å²) in [6.07, 6.45) is 0.620. The number of aliphatic hydroxyl groups excluding tert-OH is 1. The van der Waals surface area contributed by atoms with E-state index < -0.39 is 0 Å². The molecule has 5 nitrogen and oxygen atoms in total. The van der Waals surface area contributed by atoms with Crippen molar-refractivity contribution in [1.82, 2.24) is 5.32 Å². The predicted octanol–water partition coefficient (Wildman–Crippen LogP) is 0.751. The maximum Gasteiger partial charge on any atom is 0.258 e. The molecule has 1 amide bonds. The van der Waals surface area contributed by atoms with Crippen LogP contribution in [0.4, 0.5) is 0 Å². The number of ether oxygens (including phenoxy) is 2. The van der Waals surface area contributed by atoms with Gasteiger partial charge in [-0.2, -0.15) is 0 Å². The second-order valence-electron chi connectivity index (χ2n) is 4.33. The molecule has 2 N–H and O–H groups in total. The van der Waals surface area contributed by atoms with Gasteiger partial charge in [-0.15, -0.1) is 0 Å². The van der Waals surface area contributed by atoms with Crippen molar-refractivity contribution in [2.45, 2.75) is 19.4 Å². The molecule has 5 heteroatoms. The van der Waals surface area contributed by atoms with Crippen LogP contribution in [0.1, 0.15) is 12.5 Å². The van der Waals surface area contributed by atoms with Gasteiger partial charge in [0, 0.05) is 19.8 Å². The maximum absolute atomic E-state index is 11.5. The molecule has 19 heavy (non-hydrogen) atoms. The van der Waals surface area contributed by atoms with Crippen molar-refractivity contribution in [2.75, 3.05) is 26.9 Å². The summed E-state index contributed by atoms with van der Waals surface area (Å²) in [4.78, 5) is 11.5. The van der Waals surface area contributed by atoms with Crippen molar-refractivity contribution in [1.29, 1.82) is 0 Å². The first kappa shape index (κ1) is 15.5. The normalized spacial score (nSPS) is 11.9. The van der Waals surface area contributed by atoms with E-state index >= 15 is 0 Å². The maximum atomic E-state index is 11.5. The third-order valence-corrected chi connectivity index (χ3v) is 2.52. The van der Waals surface area contributed by atoms with Crippen LogP contribution < -0.4 is 10.1 Å². The Labute approximate surface area is 113 Å². The number of methoxy groups -OCH3 is 1. The summed E-state index contributed by atoms with van der Waals surface area (Å²) in [5.41, 5.74) is 1.04. The summed E-state index contributed by atoms with van der Waals surface area (Å²) in [5.74, 6) is 0.459. The van der Waals surface area contributed by atoms with Crippen LogP contribution in [0.25, 0.3) is 0 Å². The van der Waals surface area contributed by atoms with Crippen LogP contribution in [0.15, 0.2) is 24.3 Å². The fourth-order valence-electron chi connectivity index (χ4n) is 1.64. The lowest BCUT2D eigenvalue weighted by molar-refractivity contribution is -0.124. The quantitative estimate of drug-likeness (QED) is 0.729. The fraction of sp³-hybridized carbons (Fsp3) is 0.500. The molecule has 1 unspecified atom stereocenters. The molecule has 1 aromatic carbocycles. The molecular weight excluding hydrogens is 246 g/mol. The van der Waals surface area contributed by atoms with E-state index in [-0.39, 0.29) is 25.2 Å². The summed E-state index contributed by atoms with van der Waals surface area (Å²) < 4.78 is 10.3. The van der Waals surface area contributed by atoms with Crippen molar-refractivity contribution in [3.05, 3.63) is 29.8 Å². The van der Waals surface area contributed by atoms with E-state index in [1.165, 1.54) is 0 Å². The van der Waals surface area contributed by atoms with Gasteiger partial charge in [0.15, 0.2) is 6.61 Å². The Morgan fingerprint density at radius 1 is 1.37 bits per heavy atom. The van der Waals surface area contributed by atoms with E-state index in [2.05, 4.69) is 5.32 Å². The average Bonchev–Trinajstić information content (AvgIpc) is 2.38. The summed E-state index contributed by atoms with van der Waals surface area (Å²) in [6, 6.07) is 7.29. The fourth-order valence-corrected chi connectivity index (χ4v) is 1.64. The van der Waals surface area contributed by atoms with E-state index in [0.717, 1.165) is 5.56 Å². The number of carbonyl (C=O) groups excluding carboxylic acids is 1. The van der Waals surface area contributed by atoms with Crippen molar-refractivity contribution in [3.8, 4) is 5.75 Å². The number of aliphatic hydroxyl groups is 1. The van der Waals surface area contributed by atoms with Gasteiger partial charge in [-0.05, 0) is 31.0 Å². The SMILES string of the molecule is COCC(C)NC(=O)COc1ccc(CCO)cc1. The minimum Gasteiger partial charge on any atom is -0.484 e. The zero-order valence-electron chi connectivity index (χ0n) is 11.4. The molecule has 1 atom stereocenters. The molecule has 0 fully saturated rings. The highest BCUT2D eigenvalue weighted by Crippen LogP contribution is 2.12. The second-order valence-corrected chi connectivity index (χ2v) is 4.33. The van der Waals surface area contributed by atoms with E-state index in [0.29, 0.717) is 18.8 Å². The Hall–Kier alpha value is -1.59. The van der Waals surface area contributed by atoms with Crippen molar-refractivity contribution in [2.24, 2.45) is 0 Å². The third kappa shape index (κ3) is 6.22. The Balaban J connectivity index is 2.33. The molecule has 0 aliphatic carbocycles. The Morgan fingerprint density at radius 3 is 2.63 bits per heavy atom. The van der Waals surface area contributed by atoms with Crippen LogP contribution in [0.2, 0.25) is 0 Å². The number of carbonyl (C=O) groups is 1. The van der Waals surface area contributed by atoms with Crippen LogP contribution in [-0.4, -0.2) is 44.0 Å². The minimum atomic E-state index is -0.177. The Kier molecular flexibility index (Phi) is 6.92. The largest absolute Gasteiger partial charge is 0.484 e. The van der Waals surface area contributed by atoms with Crippen LogP contribution in [-0.2, 0) is 16.0 Å². The summed E-state index contributed by atoms with van der Waals surface area (Å²) in [6.45, 7) is 2.44. The lowest BCUT2D eigenvalue weighted by Gasteiger charge is -2.13. The first-order valence-electron chi connectivity index (χ1n) is 6.26. The average molecular weight is 267 g/mol. The molecule has 106 valence electrons. The molecule has 0 aliphatic heterocycles. The van der Waals surface area contributed by atoms with Gasteiger partial charge in [0.05, 0.1) is 6.61 Å². The number of hydrogen-bond donors (Lipinski definition) is 2. The highest BCUT2D eigenvalue weighted by Gasteiger charge is 2.07. The highest BCUT2D eigenvalue weighted by atomic mass is 16.5. The van der Waals surface area contributed by atoms with Crippen LogP contribution in [0.3, 0.4) is 0 Å². The van der Waals surface area contributed by atoms with Gasteiger partial charge >= 0.3 is 0 Å². The molecule has 0 aromatic heterocycles.